The third kappa shape index (κ3) is 3.95. The van der Waals surface area contributed by atoms with Gasteiger partial charge in [0.2, 0.25) is 0 Å². The van der Waals surface area contributed by atoms with Crippen molar-refractivity contribution in [2.24, 2.45) is 0 Å². The molecule has 1 aliphatic rings. The molecule has 1 heterocycles. The number of benzene rings is 1. The van der Waals surface area contributed by atoms with Crippen molar-refractivity contribution in [3.63, 3.8) is 0 Å². The third-order valence-electron chi connectivity index (χ3n) is 3.39. The van der Waals surface area contributed by atoms with Crippen LogP contribution in [0, 0.1) is 6.92 Å². The molecule has 1 saturated heterocycles. The highest BCUT2D eigenvalue weighted by Gasteiger charge is 2.42. The number of carbonyl (C=O) groups excluding carboxylic acids is 1. The highest BCUT2D eigenvalue weighted by molar-refractivity contribution is 5.79. The Morgan fingerprint density at radius 3 is 2.57 bits per heavy atom. The number of aryl methyl sites for hydroxylation is 1. The maximum absolute atomic E-state index is 12.0. The second kappa shape index (κ2) is 6.13. The summed E-state index contributed by atoms with van der Waals surface area (Å²) in [4.78, 5) is 24.0. The lowest BCUT2D eigenvalue weighted by Crippen LogP contribution is -2.64. The quantitative estimate of drug-likeness (QED) is 0.849. The standard InChI is InChI=1S/C15H19NO5/c1-11-5-3-4-6-12(11)20-7-13(17)16-9-15(2,10-16)21-8-14(18)19/h3-6H,7-10H2,1-2H3,(H,18,19). The number of ether oxygens (including phenoxy) is 2. The van der Waals surface area contributed by atoms with Crippen LogP contribution in [0.5, 0.6) is 5.75 Å². The molecule has 6 nitrogen and oxygen atoms in total. The van der Waals surface area contributed by atoms with Gasteiger partial charge >= 0.3 is 5.97 Å². The van der Waals surface area contributed by atoms with Gasteiger partial charge < -0.3 is 19.5 Å². The van der Waals surface area contributed by atoms with Gasteiger partial charge in [0.15, 0.2) is 6.61 Å². The Hall–Kier alpha value is -2.08. The van der Waals surface area contributed by atoms with Crippen LogP contribution in [0.3, 0.4) is 0 Å². The van der Waals surface area contributed by atoms with E-state index in [4.69, 9.17) is 14.6 Å². The van der Waals surface area contributed by atoms with Crippen molar-refractivity contribution in [1.29, 1.82) is 0 Å². The van der Waals surface area contributed by atoms with Crippen LogP contribution in [-0.2, 0) is 14.3 Å². The van der Waals surface area contributed by atoms with E-state index >= 15 is 0 Å². The average molecular weight is 293 g/mol. The van der Waals surface area contributed by atoms with Gasteiger partial charge in [-0.15, -0.1) is 0 Å². The molecule has 1 N–H and O–H groups in total. The first-order valence-corrected chi connectivity index (χ1v) is 6.72. The van der Waals surface area contributed by atoms with Gasteiger partial charge in [-0.05, 0) is 25.5 Å². The van der Waals surface area contributed by atoms with Gasteiger partial charge in [0.05, 0.1) is 13.1 Å². The number of carbonyl (C=O) groups is 2. The molecule has 2 rings (SSSR count). The number of aliphatic carboxylic acids is 1. The number of hydrogen-bond acceptors (Lipinski definition) is 4. The smallest absolute Gasteiger partial charge is 0.329 e. The minimum absolute atomic E-state index is 0.0279. The molecule has 6 heteroatoms. The first-order chi connectivity index (χ1) is 9.89. The van der Waals surface area contributed by atoms with Gasteiger partial charge in [0.1, 0.15) is 18.0 Å². The SMILES string of the molecule is Cc1ccccc1OCC(=O)N1CC(C)(OCC(=O)O)C1. The van der Waals surface area contributed by atoms with E-state index in [2.05, 4.69) is 0 Å². The van der Waals surface area contributed by atoms with Crippen LogP contribution >= 0.6 is 0 Å². The van der Waals surface area contributed by atoms with Crippen LogP contribution in [0.2, 0.25) is 0 Å². The predicted molar refractivity (Wildman–Crippen MR) is 75.2 cm³/mol. The van der Waals surface area contributed by atoms with E-state index < -0.39 is 11.6 Å². The fourth-order valence-electron chi connectivity index (χ4n) is 2.21. The zero-order valence-electron chi connectivity index (χ0n) is 12.2. The minimum atomic E-state index is -1.01. The van der Waals surface area contributed by atoms with Crippen molar-refractivity contribution in [2.45, 2.75) is 19.4 Å². The summed E-state index contributed by atoms with van der Waals surface area (Å²) in [6.45, 7) is 4.10. The number of nitrogens with zero attached hydrogens (tertiary/aromatic N) is 1. The van der Waals surface area contributed by atoms with E-state index in [-0.39, 0.29) is 19.1 Å². The van der Waals surface area contributed by atoms with Gasteiger partial charge in [-0.25, -0.2) is 4.79 Å². The van der Waals surface area contributed by atoms with Crippen molar-refractivity contribution in [2.75, 3.05) is 26.3 Å². The number of carboxylic acids is 1. The molecule has 0 radical (unpaired) electrons. The van der Waals surface area contributed by atoms with E-state index in [1.165, 1.54) is 0 Å². The summed E-state index contributed by atoms with van der Waals surface area (Å²) in [7, 11) is 0. The van der Waals surface area contributed by atoms with Gasteiger partial charge in [-0.3, -0.25) is 4.79 Å². The molecular formula is C15H19NO5. The number of carboxylic acid groups (broad SMARTS) is 1. The first kappa shape index (κ1) is 15.3. The maximum Gasteiger partial charge on any atom is 0.329 e. The Balaban J connectivity index is 1.76. The molecule has 1 aromatic carbocycles. The van der Waals surface area contributed by atoms with Gasteiger partial charge in [0.25, 0.3) is 5.91 Å². The minimum Gasteiger partial charge on any atom is -0.484 e. The van der Waals surface area contributed by atoms with Crippen LogP contribution < -0.4 is 4.74 Å². The molecule has 1 amide bonds. The van der Waals surface area contributed by atoms with E-state index in [0.717, 1.165) is 5.56 Å². The number of likely N-dealkylation sites (tertiary alicyclic amines) is 1. The fraction of sp³-hybridized carbons (Fsp3) is 0.467. The number of amides is 1. The average Bonchev–Trinajstić information content (AvgIpc) is 2.41. The van der Waals surface area contributed by atoms with E-state index in [1.807, 2.05) is 31.2 Å². The molecule has 0 spiro atoms. The van der Waals surface area contributed by atoms with Crippen molar-refractivity contribution in [1.82, 2.24) is 4.90 Å². The largest absolute Gasteiger partial charge is 0.484 e. The van der Waals surface area contributed by atoms with Crippen molar-refractivity contribution in [3.05, 3.63) is 29.8 Å². The van der Waals surface area contributed by atoms with E-state index in [9.17, 15) is 9.59 Å². The summed E-state index contributed by atoms with van der Waals surface area (Å²) < 4.78 is 10.8. The van der Waals surface area contributed by atoms with Crippen molar-refractivity contribution >= 4 is 11.9 Å². The number of para-hydroxylation sites is 1. The van der Waals surface area contributed by atoms with Crippen LogP contribution in [0.1, 0.15) is 12.5 Å². The Morgan fingerprint density at radius 1 is 1.29 bits per heavy atom. The molecule has 0 aliphatic carbocycles. The van der Waals surface area contributed by atoms with Crippen molar-refractivity contribution in [3.8, 4) is 5.75 Å². The van der Waals surface area contributed by atoms with Crippen LogP contribution in [0.25, 0.3) is 0 Å². The van der Waals surface area contributed by atoms with E-state index in [1.54, 1.807) is 11.8 Å². The monoisotopic (exact) mass is 293 g/mol. The molecule has 0 atom stereocenters. The molecule has 1 fully saturated rings. The Morgan fingerprint density at radius 2 is 1.95 bits per heavy atom. The maximum atomic E-state index is 12.0. The van der Waals surface area contributed by atoms with Gasteiger partial charge in [0, 0.05) is 0 Å². The lowest BCUT2D eigenvalue weighted by molar-refractivity contribution is -0.174. The highest BCUT2D eigenvalue weighted by atomic mass is 16.5. The summed E-state index contributed by atoms with van der Waals surface area (Å²) in [6.07, 6.45) is 0. The lowest BCUT2D eigenvalue weighted by Gasteiger charge is -2.47. The molecule has 1 aliphatic heterocycles. The summed E-state index contributed by atoms with van der Waals surface area (Å²) in [5.74, 6) is -0.449. The van der Waals surface area contributed by atoms with Gasteiger partial charge in [-0.2, -0.15) is 0 Å². The van der Waals surface area contributed by atoms with Crippen LogP contribution in [0.4, 0.5) is 0 Å². The lowest BCUT2D eigenvalue weighted by atomic mass is 9.96. The molecule has 0 saturated carbocycles. The second-order valence-corrected chi connectivity index (χ2v) is 5.44. The van der Waals surface area contributed by atoms with E-state index in [0.29, 0.717) is 18.8 Å². The first-order valence-electron chi connectivity index (χ1n) is 6.72. The predicted octanol–water partition coefficient (Wildman–Crippen LogP) is 1.08. The Labute approximate surface area is 123 Å². The van der Waals surface area contributed by atoms with Crippen molar-refractivity contribution < 1.29 is 24.2 Å². The molecule has 1 aromatic rings. The zero-order chi connectivity index (χ0) is 15.5. The molecule has 0 unspecified atom stereocenters. The second-order valence-electron chi connectivity index (χ2n) is 5.44. The molecule has 0 bridgehead atoms. The van der Waals surface area contributed by atoms with Crippen LogP contribution in [0.15, 0.2) is 24.3 Å². The summed E-state index contributed by atoms with van der Waals surface area (Å²) in [5, 5.41) is 8.58. The van der Waals surface area contributed by atoms with Gasteiger partial charge in [-0.1, -0.05) is 18.2 Å². The summed E-state index contributed by atoms with van der Waals surface area (Å²) in [5.41, 5.74) is 0.403. The number of rotatable bonds is 6. The molecular weight excluding hydrogens is 274 g/mol. The third-order valence-corrected chi connectivity index (χ3v) is 3.39. The zero-order valence-corrected chi connectivity index (χ0v) is 12.2. The number of hydrogen-bond donors (Lipinski definition) is 1. The molecule has 114 valence electrons. The summed E-state index contributed by atoms with van der Waals surface area (Å²) in [6, 6.07) is 7.50. The topological polar surface area (TPSA) is 76.1 Å². The highest BCUT2D eigenvalue weighted by Crippen LogP contribution is 2.25. The molecule has 21 heavy (non-hydrogen) atoms. The normalized spacial score (nSPS) is 16.2. The Bertz CT molecular complexity index is 537. The Kier molecular flexibility index (Phi) is 4.47. The van der Waals surface area contributed by atoms with Crippen LogP contribution in [-0.4, -0.2) is 53.8 Å². The fourth-order valence-corrected chi connectivity index (χ4v) is 2.21. The molecule has 0 aromatic heterocycles. The summed E-state index contributed by atoms with van der Waals surface area (Å²) >= 11 is 0.